The molecule has 1 saturated heterocycles. The van der Waals surface area contributed by atoms with Gasteiger partial charge in [-0.05, 0) is 38.6 Å². The maximum absolute atomic E-state index is 12.0. The predicted molar refractivity (Wildman–Crippen MR) is 69.4 cm³/mol. The number of hydrogen-bond acceptors (Lipinski definition) is 3. The molecule has 4 nitrogen and oxygen atoms in total. The largest absolute Gasteiger partial charge is 0.381 e. The third-order valence-corrected chi connectivity index (χ3v) is 3.73. The molecule has 1 aliphatic carbocycles. The van der Waals surface area contributed by atoms with Crippen LogP contribution in [0, 0.1) is 5.92 Å². The molecule has 3 atom stereocenters. The van der Waals surface area contributed by atoms with E-state index in [0.717, 1.165) is 45.2 Å². The topological polar surface area (TPSA) is 50.4 Å². The van der Waals surface area contributed by atoms with Crippen molar-refractivity contribution in [2.45, 2.75) is 44.2 Å². The maximum atomic E-state index is 12.0. The normalized spacial score (nSPS) is 32.9. The number of carbonyl (C=O) groups is 1. The standard InChI is InChI=1S/C12H22N2O2.ClH/c1-16-11-5-4-10(7-11)14-12(15)9-3-2-6-13-8-9;/h9-11,13H,2-8H2,1H3,(H,14,15);1H/t9-,10?,11?;/m1./s1. The van der Waals surface area contributed by atoms with Crippen LogP contribution in [-0.4, -0.2) is 38.3 Å². The third kappa shape index (κ3) is 4.12. The molecule has 2 N–H and O–H groups in total. The van der Waals surface area contributed by atoms with E-state index in [1.807, 2.05) is 0 Å². The smallest absolute Gasteiger partial charge is 0.224 e. The zero-order valence-electron chi connectivity index (χ0n) is 10.4. The second kappa shape index (κ2) is 7.19. The molecule has 2 fully saturated rings. The molecule has 1 heterocycles. The summed E-state index contributed by atoms with van der Waals surface area (Å²) < 4.78 is 5.30. The van der Waals surface area contributed by atoms with Gasteiger partial charge in [-0.25, -0.2) is 0 Å². The molecular formula is C12H23ClN2O2. The highest BCUT2D eigenvalue weighted by atomic mass is 35.5. The highest BCUT2D eigenvalue weighted by Crippen LogP contribution is 2.22. The van der Waals surface area contributed by atoms with E-state index >= 15 is 0 Å². The van der Waals surface area contributed by atoms with E-state index in [4.69, 9.17) is 4.74 Å². The van der Waals surface area contributed by atoms with Crippen molar-refractivity contribution in [1.82, 2.24) is 10.6 Å². The number of piperidine rings is 1. The van der Waals surface area contributed by atoms with E-state index < -0.39 is 0 Å². The Balaban J connectivity index is 0.00000144. The first kappa shape index (κ1) is 14.7. The van der Waals surface area contributed by atoms with Crippen molar-refractivity contribution in [3.63, 3.8) is 0 Å². The monoisotopic (exact) mass is 262 g/mol. The molecule has 0 radical (unpaired) electrons. The molecule has 5 heteroatoms. The van der Waals surface area contributed by atoms with Crippen LogP contribution in [0.5, 0.6) is 0 Å². The fourth-order valence-electron chi connectivity index (χ4n) is 2.68. The van der Waals surface area contributed by atoms with Crippen LogP contribution in [0.15, 0.2) is 0 Å². The van der Waals surface area contributed by atoms with Crippen LogP contribution in [0.2, 0.25) is 0 Å². The zero-order valence-corrected chi connectivity index (χ0v) is 11.2. The van der Waals surface area contributed by atoms with Gasteiger partial charge in [0.15, 0.2) is 0 Å². The molecule has 0 bridgehead atoms. The Kier molecular flexibility index (Phi) is 6.23. The summed E-state index contributed by atoms with van der Waals surface area (Å²) in [6.07, 6.45) is 5.59. The molecule has 2 rings (SSSR count). The lowest BCUT2D eigenvalue weighted by atomic mass is 9.98. The zero-order chi connectivity index (χ0) is 11.4. The lowest BCUT2D eigenvalue weighted by Crippen LogP contribution is -2.43. The van der Waals surface area contributed by atoms with Crippen LogP contribution in [-0.2, 0) is 9.53 Å². The summed E-state index contributed by atoms with van der Waals surface area (Å²) in [5.74, 6) is 0.407. The minimum atomic E-state index is 0. The molecule has 0 aromatic carbocycles. The van der Waals surface area contributed by atoms with Gasteiger partial charge in [-0.1, -0.05) is 0 Å². The second-order valence-corrected chi connectivity index (χ2v) is 4.92. The molecule has 2 unspecified atom stereocenters. The van der Waals surface area contributed by atoms with Gasteiger partial charge in [0.25, 0.3) is 0 Å². The first-order valence-electron chi connectivity index (χ1n) is 6.33. The number of halogens is 1. The van der Waals surface area contributed by atoms with Crippen molar-refractivity contribution in [2.24, 2.45) is 5.92 Å². The summed E-state index contributed by atoms with van der Waals surface area (Å²) in [5, 5.41) is 6.43. The van der Waals surface area contributed by atoms with Gasteiger partial charge in [0.2, 0.25) is 5.91 Å². The molecule has 0 aromatic heterocycles. The fourth-order valence-corrected chi connectivity index (χ4v) is 2.68. The van der Waals surface area contributed by atoms with Crippen LogP contribution in [0.3, 0.4) is 0 Å². The van der Waals surface area contributed by atoms with E-state index in [9.17, 15) is 4.79 Å². The SMILES string of the molecule is COC1CCC(NC(=O)[C@@H]2CCCNC2)C1.Cl. The number of methoxy groups -OCH3 is 1. The van der Waals surface area contributed by atoms with Crippen LogP contribution in [0.1, 0.15) is 32.1 Å². The minimum absolute atomic E-state index is 0. The van der Waals surface area contributed by atoms with Gasteiger partial charge in [-0.3, -0.25) is 4.79 Å². The van der Waals surface area contributed by atoms with Gasteiger partial charge in [0, 0.05) is 19.7 Å². The number of rotatable bonds is 3. The highest BCUT2D eigenvalue weighted by Gasteiger charge is 2.28. The Morgan fingerprint density at radius 3 is 2.76 bits per heavy atom. The average molecular weight is 263 g/mol. The Labute approximate surface area is 109 Å². The summed E-state index contributed by atoms with van der Waals surface area (Å²) in [4.78, 5) is 12.0. The van der Waals surface area contributed by atoms with Gasteiger partial charge in [-0.2, -0.15) is 0 Å². The number of amides is 1. The maximum Gasteiger partial charge on any atom is 0.224 e. The first-order valence-corrected chi connectivity index (χ1v) is 6.33. The second-order valence-electron chi connectivity index (χ2n) is 4.92. The van der Waals surface area contributed by atoms with Gasteiger partial charge in [0.05, 0.1) is 12.0 Å². The van der Waals surface area contributed by atoms with Crippen molar-refractivity contribution < 1.29 is 9.53 Å². The summed E-state index contributed by atoms with van der Waals surface area (Å²) in [5.41, 5.74) is 0. The predicted octanol–water partition coefficient (Wildman–Crippen LogP) is 1.09. The Morgan fingerprint density at radius 2 is 2.18 bits per heavy atom. The number of ether oxygens (including phenoxy) is 1. The molecule has 1 amide bonds. The summed E-state index contributed by atoms with van der Waals surface area (Å²) in [6, 6.07) is 0.333. The van der Waals surface area contributed by atoms with Crippen LogP contribution in [0.4, 0.5) is 0 Å². The average Bonchev–Trinajstić information content (AvgIpc) is 2.78. The summed E-state index contributed by atoms with van der Waals surface area (Å²) in [7, 11) is 1.75. The van der Waals surface area contributed by atoms with E-state index in [1.165, 1.54) is 0 Å². The van der Waals surface area contributed by atoms with Crippen molar-refractivity contribution in [3.05, 3.63) is 0 Å². The molecule has 1 aliphatic heterocycles. The Hall–Kier alpha value is -0.320. The van der Waals surface area contributed by atoms with E-state index in [1.54, 1.807) is 7.11 Å². The van der Waals surface area contributed by atoms with Gasteiger partial charge >= 0.3 is 0 Å². The number of hydrogen-bond donors (Lipinski definition) is 2. The van der Waals surface area contributed by atoms with Crippen molar-refractivity contribution >= 4 is 18.3 Å². The van der Waals surface area contributed by atoms with Gasteiger partial charge < -0.3 is 15.4 Å². The van der Waals surface area contributed by atoms with Crippen LogP contribution in [0.25, 0.3) is 0 Å². The number of nitrogens with one attached hydrogen (secondary N) is 2. The highest BCUT2D eigenvalue weighted by molar-refractivity contribution is 5.85. The third-order valence-electron chi connectivity index (χ3n) is 3.73. The molecular weight excluding hydrogens is 240 g/mol. The van der Waals surface area contributed by atoms with Crippen LogP contribution < -0.4 is 10.6 Å². The van der Waals surface area contributed by atoms with Crippen molar-refractivity contribution in [2.75, 3.05) is 20.2 Å². The van der Waals surface area contributed by atoms with Crippen molar-refractivity contribution in [1.29, 1.82) is 0 Å². The fraction of sp³-hybridized carbons (Fsp3) is 0.917. The lowest BCUT2D eigenvalue weighted by Gasteiger charge is -2.23. The molecule has 1 saturated carbocycles. The molecule has 0 aromatic rings. The van der Waals surface area contributed by atoms with Gasteiger partial charge in [0.1, 0.15) is 0 Å². The minimum Gasteiger partial charge on any atom is -0.381 e. The lowest BCUT2D eigenvalue weighted by molar-refractivity contribution is -0.126. The van der Waals surface area contributed by atoms with Crippen LogP contribution >= 0.6 is 12.4 Å². The van der Waals surface area contributed by atoms with E-state index in [2.05, 4.69) is 10.6 Å². The van der Waals surface area contributed by atoms with E-state index in [0.29, 0.717) is 12.1 Å². The molecule has 0 spiro atoms. The Bertz CT molecular complexity index is 245. The molecule has 17 heavy (non-hydrogen) atoms. The van der Waals surface area contributed by atoms with E-state index in [-0.39, 0.29) is 24.2 Å². The van der Waals surface area contributed by atoms with Crippen molar-refractivity contribution in [3.8, 4) is 0 Å². The molecule has 100 valence electrons. The molecule has 2 aliphatic rings. The summed E-state index contributed by atoms with van der Waals surface area (Å²) in [6.45, 7) is 1.89. The summed E-state index contributed by atoms with van der Waals surface area (Å²) >= 11 is 0. The first-order chi connectivity index (χ1) is 7.79. The van der Waals surface area contributed by atoms with Gasteiger partial charge in [-0.15, -0.1) is 12.4 Å². The quantitative estimate of drug-likeness (QED) is 0.801. The Morgan fingerprint density at radius 1 is 1.35 bits per heavy atom. The number of carbonyl (C=O) groups excluding carboxylic acids is 1.